The second-order valence-corrected chi connectivity index (χ2v) is 4.71. The van der Waals surface area contributed by atoms with Crippen LogP contribution in [0.4, 0.5) is 10.1 Å². The number of halogens is 1. The standard InChI is InChI=1S/C14H12FNOS/c15-11-6-8-13(9-7-11)18-10-14(17)16-12-4-2-1-3-5-12/h1-9H,10H2,(H,16,17). The Kier molecular flexibility index (Phi) is 4.36. The number of hydrogen-bond donors (Lipinski definition) is 1. The van der Waals surface area contributed by atoms with E-state index in [2.05, 4.69) is 5.32 Å². The molecule has 0 radical (unpaired) electrons. The maximum absolute atomic E-state index is 12.7. The van der Waals surface area contributed by atoms with Gasteiger partial charge < -0.3 is 5.32 Å². The first-order valence-corrected chi connectivity index (χ1v) is 6.46. The molecule has 1 N–H and O–H groups in total. The number of anilines is 1. The Bertz CT molecular complexity index is 513. The molecule has 0 fully saturated rings. The highest BCUT2D eigenvalue weighted by molar-refractivity contribution is 8.00. The summed E-state index contributed by atoms with van der Waals surface area (Å²) in [5, 5.41) is 2.79. The van der Waals surface area contributed by atoms with Crippen molar-refractivity contribution in [1.82, 2.24) is 0 Å². The average molecular weight is 261 g/mol. The molecule has 0 unspecified atom stereocenters. The molecule has 18 heavy (non-hydrogen) atoms. The fourth-order valence-electron chi connectivity index (χ4n) is 1.40. The van der Waals surface area contributed by atoms with Gasteiger partial charge in [-0.15, -0.1) is 11.8 Å². The number of benzene rings is 2. The van der Waals surface area contributed by atoms with Crippen LogP contribution in [0.2, 0.25) is 0 Å². The van der Waals surface area contributed by atoms with Crippen LogP contribution in [0, 0.1) is 5.82 Å². The molecule has 0 aliphatic heterocycles. The van der Waals surface area contributed by atoms with Crippen LogP contribution in [-0.4, -0.2) is 11.7 Å². The fourth-order valence-corrected chi connectivity index (χ4v) is 2.10. The van der Waals surface area contributed by atoms with Crippen LogP contribution >= 0.6 is 11.8 Å². The second kappa shape index (κ2) is 6.21. The lowest BCUT2D eigenvalue weighted by molar-refractivity contribution is -0.113. The van der Waals surface area contributed by atoms with Gasteiger partial charge in [0.25, 0.3) is 0 Å². The van der Waals surface area contributed by atoms with Crippen LogP contribution < -0.4 is 5.32 Å². The van der Waals surface area contributed by atoms with Crippen molar-refractivity contribution < 1.29 is 9.18 Å². The molecule has 0 spiro atoms. The Morgan fingerprint density at radius 1 is 1.06 bits per heavy atom. The van der Waals surface area contributed by atoms with Crippen molar-refractivity contribution in [2.24, 2.45) is 0 Å². The zero-order valence-electron chi connectivity index (χ0n) is 9.60. The van der Waals surface area contributed by atoms with E-state index in [1.165, 1.54) is 23.9 Å². The fraction of sp³-hybridized carbons (Fsp3) is 0.0714. The first-order valence-electron chi connectivity index (χ1n) is 5.47. The van der Waals surface area contributed by atoms with Crippen LogP contribution in [-0.2, 0) is 4.79 Å². The zero-order valence-corrected chi connectivity index (χ0v) is 10.4. The van der Waals surface area contributed by atoms with Gasteiger partial charge in [-0.1, -0.05) is 18.2 Å². The van der Waals surface area contributed by atoms with Crippen molar-refractivity contribution >= 4 is 23.4 Å². The Hall–Kier alpha value is -1.81. The summed E-state index contributed by atoms with van der Waals surface area (Å²) in [5.41, 5.74) is 0.780. The third-order valence-corrected chi connectivity index (χ3v) is 3.25. The summed E-state index contributed by atoms with van der Waals surface area (Å²) in [7, 11) is 0. The Balaban J connectivity index is 1.83. The molecule has 0 aromatic heterocycles. The van der Waals surface area contributed by atoms with Gasteiger partial charge in [-0.2, -0.15) is 0 Å². The zero-order chi connectivity index (χ0) is 12.8. The van der Waals surface area contributed by atoms with Crippen LogP contribution in [0.25, 0.3) is 0 Å². The van der Waals surface area contributed by atoms with Gasteiger partial charge in [0.15, 0.2) is 0 Å². The topological polar surface area (TPSA) is 29.1 Å². The first-order chi connectivity index (χ1) is 8.74. The van der Waals surface area contributed by atoms with Crippen molar-refractivity contribution in [3.05, 3.63) is 60.4 Å². The van der Waals surface area contributed by atoms with Crippen molar-refractivity contribution in [1.29, 1.82) is 0 Å². The van der Waals surface area contributed by atoms with Gasteiger partial charge in [-0.05, 0) is 36.4 Å². The molecule has 2 rings (SSSR count). The molecule has 0 saturated heterocycles. The van der Waals surface area contributed by atoms with Crippen LogP contribution in [0.5, 0.6) is 0 Å². The maximum atomic E-state index is 12.7. The average Bonchev–Trinajstić information content (AvgIpc) is 2.39. The monoisotopic (exact) mass is 261 g/mol. The van der Waals surface area contributed by atoms with Gasteiger partial charge in [0.2, 0.25) is 5.91 Å². The maximum Gasteiger partial charge on any atom is 0.234 e. The Morgan fingerprint density at radius 3 is 2.39 bits per heavy atom. The third-order valence-electron chi connectivity index (χ3n) is 2.24. The minimum Gasteiger partial charge on any atom is -0.325 e. The van der Waals surface area contributed by atoms with Crippen LogP contribution in [0.1, 0.15) is 0 Å². The van der Waals surface area contributed by atoms with Crippen molar-refractivity contribution in [2.45, 2.75) is 4.90 Å². The highest BCUT2D eigenvalue weighted by Gasteiger charge is 2.03. The molecule has 4 heteroatoms. The van der Waals surface area contributed by atoms with Gasteiger partial charge in [-0.3, -0.25) is 4.79 Å². The predicted octanol–water partition coefficient (Wildman–Crippen LogP) is 3.56. The summed E-state index contributed by atoms with van der Waals surface area (Å²) in [6.07, 6.45) is 0. The van der Waals surface area contributed by atoms with E-state index >= 15 is 0 Å². The normalized spacial score (nSPS) is 10.1. The van der Waals surface area contributed by atoms with E-state index in [1.54, 1.807) is 12.1 Å². The molecular formula is C14H12FNOS. The number of thioether (sulfide) groups is 1. The molecule has 0 bridgehead atoms. The Morgan fingerprint density at radius 2 is 1.72 bits per heavy atom. The SMILES string of the molecule is O=C(CSc1ccc(F)cc1)Nc1ccccc1. The predicted molar refractivity (Wildman–Crippen MR) is 72.2 cm³/mol. The van der Waals surface area contributed by atoms with E-state index in [4.69, 9.17) is 0 Å². The summed E-state index contributed by atoms with van der Waals surface area (Å²) in [5.74, 6) is -0.0378. The molecule has 0 saturated carbocycles. The summed E-state index contributed by atoms with van der Waals surface area (Å²) in [4.78, 5) is 12.5. The van der Waals surface area contributed by atoms with Crippen molar-refractivity contribution in [2.75, 3.05) is 11.1 Å². The van der Waals surface area contributed by atoms with Gasteiger partial charge in [-0.25, -0.2) is 4.39 Å². The minimum atomic E-state index is -0.270. The van der Waals surface area contributed by atoms with E-state index in [9.17, 15) is 9.18 Å². The van der Waals surface area contributed by atoms with Gasteiger partial charge in [0, 0.05) is 10.6 Å². The van der Waals surface area contributed by atoms with Crippen LogP contribution in [0.15, 0.2) is 59.5 Å². The lowest BCUT2D eigenvalue weighted by Gasteiger charge is -2.04. The number of amides is 1. The largest absolute Gasteiger partial charge is 0.325 e. The summed E-state index contributed by atoms with van der Waals surface area (Å²) in [6, 6.07) is 15.4. The van der Waals surface area contributed by atoms with Crippen LogP contribution in [0.3, 0.4) is 0 Å². The number of carbonyl (C=O) groups is 1. The summed E-state index contributed by atoms with van der Waals surface area (Å²) < 4.78 is 12.7. The molecular weight excluding hydrogens is 249 g/mol. The van der Waals surface area contributed by atoms with Gasteiger partial charge in [0.05, 0.1) is 5.75 Å². The molecule has 0 aliphatic rings. The third kappa shape index (κ3) is 3.89. The second-order valence-electron chi connectivity index (χ2n) is 3.66. The molecule has 2 aromatic carbocycles. The quantitative estimate of drug-likeness (QED) is 0.853. The van der Waals surface area contributed by atoms with E-state index in [0.717, 1.165) is 10.6 Å². The first kappa shape index (κ1) is 12.6. The number of para-hydroxylation sites is 1. The van der Waals surface area contributed by atoms with Crippen molar-refractivity contribution in [3.8, 4) is 0 Å². The number of rotatable bonds is 4. The lowest BCUT2D eigenvalue weighted by Crippen LogP contribution is -2.13. The minimum absolute atomic E-state index is 0.0736. The molecule has 2 nitrogen and oxygen atoms in total. The Labute approximate surface area is 109 Å². The lowest BCUT2D eigenvalue weighted by atomic mass is 10.3. The van der Waals surface area contributed by atoms with E-state index in [1.807, 2.05) is 30.3 Å². The van der Waals surface area contributed by atoms with E-state index < -0.39 is 0 Å². The molecule has 0 atom stereocenters. The van der Waals surface area contributed by atoms with Crippen molar-refractivity contribution in [3.63, 3.8) is 0 Å². The number of nitrogens with one attached hydrogen (secondary N) is 1. The number of hydrogen-bond acceptors (Lipinski definition) is 2. The number of carbonyl (C=O) groups excluding carboxylic acids is 1. The summed E-state index contributed by atoms with van der Waals surface area (Å²) >= 11 is 1.38. The van der Waals surface area contributed by atoms with E-state index in [0.29, 0.717) is 5.75 Å². The van der Waals surface area contributed by atoms with Gasteiger partial charge in [0.1, 0.15) is 5.82 Å². The van der Waals surface area contributed by atoms with Gasteiger partial charge >= 0.3 is 0 Å². The molecule has 0 aliphatic carbocycles. The molecule has 92 valence electrons. The molecule has 1 amide bonds. The van der Waals surface area contributed by atoms with E-state index in [-0.39, 0.29) is 11.7 Å². The highest BCUT2D eigenvalue weighted by atomic mass is 32.2. The highest BCUT2D eigenvalue weighted by Crippen LogP contribution is 2.18. The smallest absolute Gasteiger partial charge is 0.234 e. The molecule has 0 heterocycles. The summed E-state index contributed by atoms with van der Waals surface area (Å²) in [6.45, 7) is 0. The molecule has 2 aromatic rings.